The van der Waals surface area contributed by atoms with Gasteiger partial charge in [-0.05, 0) is 44.3 Å². The molecular weight excluding hydrogens is 364 g/mol. The Labute approximate surface area is 161 Å². The maximum Gasteiger partial charge on any atom is 0.256 e. The van der Waals surface area contributed by atoms with Crippen LogP contribution in [0.1, 0.15) is 20.3 Å². The zero-order chi connectivity index (χ0) is 20.1. The lowest BCUT2D eigenvalue weighted by Crippen LogP contribution is -2.25. The van der Waals surface area contributed by atoms with Crippen molar-refractivity contribution in [3.63, 3.8) is 0 Å². The highest BCUT2D eigenvalue weighted by Crippen LogP contribution is 2.20. The van der Waals surface area contributed by atoms with Crippen molar-refractivity contribution >= 4 is 17.0 Å². The SMILES string of the molecule is CCN(CC)CCCNc1ncc2ccc(=O)n(-c3c(F)cccc3F)c2n1. The molecule has 0 atom stereocenters. The third-order valence-corrected chi connectivity index (χ3v) is 4.62. The molecule has 0 aliphatic carbocycles. The van der Waals surface area contributed by atoms with Crippen molar-refractivity contribution in [1.82, 2.24) is 19.4 Å². The molecule has 28 heavy (non-hydrogen) atoms. The Morgan fingerprint density at radius 1 is 1.11 bits per heavy atom. The monoisotopic (exact) mass is 387 g/mol. The summed E-state index contributed by atoms with van der Waals surface area (Å²) in [7, 11) is 0. The topological polar surface area (TPSA) is 63.1 Å². The van der Waals surface area contributed by atoms with E-state index in [1.54, 1.807) is 0 Å². The van der Waals surface area contributed by atoms with Crippen LogP contribution in [0.5, 0.6) is 0 Å². The molecule has 0 amide bonds. The van der Waals surface area contributed by atoms with Gasteiger partial charge in [-0.1, -0.05) is 19.9 Å². The molecule has 2 aromatic heterocycles. The van der Waals surface area contributed by atoms with Crippen molar-refractivity contribution in [2.24, 2.45) is 0 Å². The number of fused-ring (bicyclic) bond motifs is 1. The van der Waals surface area contributed by atoms with Crippen LogP contribution < -0.4 is 10.9 Å². The van der Waals surface area contributed by atoms with Gasteiger partial charge >= 0.3 is 0 Å². The third-order valence-electron chi connectivity index (χ3n) is 4.62. The largest absolute Gasteiger partial charge is 0.354 e. The zero-order valence-electron chi connectivity index (χ0n) is 16.0. The molecule has 0 aliphatic rings. The highest BCUT2D eigenvalue weighted by molar-refractivity contribution is 5.77. The van der Waals surface area contributed by atoms with Crippen LogP contribution in [0.15, 0.2) is 41.3 Å². The van der Waals surface area contributed by atoms with Crippen molar-refractivity contribution in [2.45, 2.75) is 20.3 Å². The van der Waals surface area contributed by atoms with Crippen LogP contribution in [-0.2, 0) is 0 Å². The maximum atomic E-state index is 14.3. The Bertz CT molecular complexity index is 997. The fourth-order valence-corrected chi connectivity index (χ4v) is 3.07. The molecule has 0 fully saturated rings. The summed E-state index contributed by atoms with van der Waals surface area (Å²) in [5, 5.41) is 3.63. The number of benzene rings is 1. The minimum atomic E-state index is -0.832. The quantitative estimate of drug-likeness (QED) is 0.602. The zero-order valence-corrected chi connectivity index (χ0v) is 16.0. The molecule has 1 aromatic carbocycles. The maximum absolute atomic E-state index is 14.3. The van der Waals surface area contributed by atoms with Crippen LogP contribution >= 0.6 is 0 Å². The molecular formula is C20H23F2N5O. The molecule has 2 heterocycles. The van der Waals surface area contributed by atoms with Gasteiger partial charge in [0.15, 0.2) is 5.65 Å². The van der Waals surface area contributed by atoms with E-state index in [1.165, 1.54) is 24.4 Å². The predicted octanol–water partition coefficient (Wildman–Crippen LogP) is 3.20. The van der Waals surface area contributed by atoms with Gasteiger partial charge in [-0.15, -0.1) is 0 Å². The Morgan fingerprint density at radius 3 is 2.50 bits per heavy atom. The van der Waals surface area contributed by atoms with Crippen molar-refractivity contribution in [3.8, 4) is 5.69 Å². The van der Waals surface area contributed by atoms with E-state index in [0.29, 0.717) is 17.9 Å². The highest BCUT2D eigenvalue weighted by atomic mass is 19.1. The van der Waals surface area contributed by atoms with Gasteiger partial charge in [0.05, 0.1) is 0 Å². The summed E-state index contributed by atoms with van der Waals surface area (Å²) in [5.74, 6) is -1.35. The van der Waals surface area contributed by atoms with E-state index in [9.17, 15) is 13.6 Å². The number of hydrogen-bond donors (Lipinski definition) is 1. The molecule has 0 aliphatic heterocycles. The van der Waals surface area contributed by atoms with Crippen LogP contribution in [0.4, 0.5) is 14.7 Å². The van der Waals surface area contributed by atoms with Gasteiger partial charge in [0.2, 0.25) is 5.95 Å². The van der Waals surface area contributed by atoms with Crippen molar-refractivity contribution in [2.75, 3.05) is 31.5 Å². The first kappa shape index (κ1) is 19.9. The first-order valence-electron chi connectivity index (χ1n) is 9.34. The average Bonchev–Trinajstić information content (AvgIpc) is 2.69. The molecule has 3 rings (SSSR count). The van der Waals surface area contributed by atoms with Crippen LogP contribution in [-0.4, -0.2) is 45.6 Å². The van der Waals surface area contributed by atoms with E-state index in [4.69, 9.17) is 0 Å². The Hall–Kier alpha value is -2.87. The second-order valence-electron chi connectivity index (χ2n) is 6.36. The number of halogens is 2. The van der Waals surface area contributed by atoms with Gasteiger partial charge in [-0.3, -0.25) is 9.36 Å². The third kappa shape index (κ3) is 4.17. The minimum Gasteiger partial charge on any atom is -0.354 e. The number of nitrogens with zero attached hydrogens (tertiary/aromatic N) is 4. The molecule has 3 aromatic rings. The molecule has 6 nitrogen and oxygen atoms in total. The summed E-state index contributed by atoms with van der Waals surface area (Å²) in [6.07, 6.45) is 2.43. The number of pyridine rings is 1. The molecule has 0 saturated carbocycles. The summed E-state index contributed by atoms with van der Waals surface area (Å²) in [6.45, 7) is 7.80. The first-order chi connectivity index (χ1) is 13.5. The standard InChI is InChI=1S/C20H23F2N5O/c1-3-26(4-2)12-6-11-23-20-24-13-14-9-10-17(28)27(19(14)25-20)18-15(21)7-5-8-16(18)22/h5,7-10,13H,3-4,6,11-12H2,1-2H3,(H,23,24,25). The van der Waals surface area contributed by atoms with Crippen LogP contribution in [0.2, 0.25) is 0 Å². The van der Waals surface area contributed by atoms with Gasteiger partial charge in [-0.25, -0.2) is 13.8 Å². The van der Waals surface area contributed by atoms with Gasteiger partial charge < -0.3 is 10.2 Å². The summed E-state index contributed by atoms with van der Waals surface area (Å²) in [4.78, 5) is 23.3. The van der Waals surface area contributed by atoms with E-state index in [-0.39, 0.29) is 5.65 Å². The van der Waals surface area contributed by atoms with Gasteiger partial charge in [0, 0.05) is 24.2 Å². The molecule has 8 heteroatoms. The van der Waals surface area contributed by atoms with Crippen LogP contribution in [0.3, 0.4) is 0 Å². The Kier molecular flexibility index (Phi) is 6.30. The smallest absolute Gasteiger partial charge is 0.256 e. The summed E-state index contributed by atoms with van der Waals surface area (Å²) in [6, 6.07) is 6.25. The van der Waals surface area contributed by atoms with Gasteiger partial charge in [0.25, 0.3) is 5.56 Å². The molecule has 0 bridgehead atoms. The number of para-hydroxylation sites is 1. The van der Waals surface area contributed by atoms with Crippen LogP contribution in [0.25, 0.3) is 16.7 Å². The number of rotatable bonds is 8. The lowest BCUT2D eigenvalue weighted by atomic mass is 10.2. The van der Waals surface area contributed by atoms with Crippen molar-refractivity contribution in [3.05, 3.63) is 58.5 Å². The fourth-order valence-electron chi connectivity index (χ4n) is 3.07. The normalized spacial score (nSPS) is 11.3. The highest BCUT2D eigenvalue weighted by Gasteiger charge is 2.16. The lowest BCUT2D eigenvalue weighted by molar-refractivity contribution is 0.303. The molecule has 1 N–H and O–H groups in total. The first-order valence-corrected chi connectivity index (χ1v) is 9.34. The number of nitrogens with one attached hydrogen (secondary N) is 1. The van der Waals surface area contributed by atoms with E-state index in [0.717, 1.165) is 42.8 Å². The molecule has 0 saturated heterocycles. The lowest BCUT2D eigenvalue weighted by Gasteiger charge is -2.17. The molecule has 148 valence electrons. The van der Waals surface area contributed by atoms with E-state index < -0.39 is 22.9 Å². The second kappa shape index (κ2) is 8.88. The fraction of sp³-hybridized carbons (Fsp3) is 0.350. The number of aromatic nitrogens is 3. The second-order valence-corrected chi connectivity index (χ2v) is 6.36. The summed E-state index contributed by atoms with van der Waals surface area (Å²) < 4.78 is 29.5. The predicted molar refractivity (Wildman–Crippen MR) is 106 cm³/mol. The van der Waals surface area contributed by atoms with E-state index in [2.05, 4.69) is 34.0 Å². The molecule has 0 radical (unpaired) electrons. The minimum absolute atomic E-state index is 0.151. The Balaban J connectivity index is 1.92. The van der Waals surface area contributed by atoms with Gasteiger partial charge in [-0.2, -0.15) is 4.98 Å². The van der Waals surface area contributed by atoms with Crippen molar-refractivity contribution < 1.29 is 8.78 Å². The van der Waals surface area contributed by atoms with E-state index >= 15 is 0 Å². The Morgan fingerprint density at radius 2 is 1.82 bits per heavy atom. The summed E-state index contributed by atoms with van der Waals surface area (Å²) >= 11 is 0. The van der Waals surface area contributed by atoms with E-state index in [1.807, 2.05) is 0 Å². The average molecular weight is 387 g/mol. The molecule has 0 unspecified atom stereocenters. The number of hydrogen-bond acceptors (Lipinski definition) is 5. The van der Waals surface area contributed by atoms with Crippen LogP contribution in [0, 0.1) is 11.6 Å². The number of anilines is 1. The van der Waals surface area contributed by atoms with Gasteiger partial charge in [0.1, 0.15) is 17.3 Å². The molecule has 0 spiro atoms. The summed E-state index contributed by atoms with van der Waals surface area (Å²) in [5.41, 5.74) is -0.857. The van der Waals surface area contributed by atoms with Crippen molar-refractivity contribution in [1.29, 1.82) is 0 Å².